The minimum absolute atomic E-state index is 0.826. The first kappa shape index (κ1) is 35.5. The fourth-order valence-electron chi connectivity index (χ4n) is 10.0. The fraction of sp³-hybridized carbons (Fsp3) is 0.125. The topological polar surface area (TPSA) is 9.86 Å². The second-order valence-electron chi connectivity index (χ2n) is 15.2. The molecule has 8 aromatic carbocycles. The molecule has 0 atom stereocenters. The van der Waals surface area contributed by atoms with Crippen molar-refractivity contribution in [2.75, 3.05) is 0 Å². The molecular formula is C48H40Cl2N2SiZr. The first-order valence-electron chi connectivity index (χ1n) is 18.5. The van der Waals surface area contributed by atoms with E-state index in [1.165, 1.54) is 98.5 Å². The van der Waals surface area contributed by atoms with Crippen molar-refractivity contribution in [3.05, 3.63) is 145 Å². The molecule has 2 aromatic heterocycles. The summed E-state index contributed by atoms with van der Waals surface area (Å²) in [5, 5.41) is 13.9. The summed E-state index contributed by atoms with van der Waals surface area (Å²) >= 11 is -0.826. The summed E-state index contributed by atoms with van der Waals surface area (Å²) in [6, 6.07) is 50.1. The van der Waals surface area contributed by atoms with Gasteiger partial charge in [-0.3, -0.25) is 0 Å². The quantitative estimate of drug-likeness (QED) is 0.123. The molecule has 10 rings (SSSR count). The first-order valence-corrected chi connectivity index (χ1v) is 27.8. The molecule has 0 N–H and O–H groups in total. The van der Waals surface area contributed by atoms with E-state index in [1.54, 1.807) is 10.4 Å². The summed E-state index contributed by atoms with van der Waals surface area (Å²) in [7, 11) is 12.1. The van der Waals surface area contributed by atoms with Crippen molar-refractivity contribution >= 4 is 101 Å². The van der Waals surface area contributed by atoms with E-state index in [-0.39, 0.29) is 0 Å². The second-order valence-corrected chi connectivity index (χ2v) is 23.2. The molecule has 0 aliphatic carbocycles. The summed E-state index contributed by atoms with van der Waals surface area (Å²) in [4.78, 5) is 0. The number of benzene rings is 6. The van der Waals surface area contributed by atoms with Gasteiger partial charge in [-0.05, 0) is 23.3 Å². The van der Waals surface area contributed by atoms with Gasteiger partial charge < -0.3 is 9.13 Å². The predicted octanol–water partition coefficient (Wildman–Crippen LogP) is 12.9. The van der Waals surface area contributed by atoms with Crippen LogP contribution in [0.25, 0.3) is 87.4 Å². The van der Waals surface area contributed by atoms with E-state index in [4.69, 9.17) is 17.0 Å². The molecule has 0 bridgehead atoms. The molecule has 54 heavy (non-hydrogen) atoms. The van der Waals surface area contributed by atoms with E-state index < -0.39 is 28.9 Å². The van der Waals surface area contributed by atoms with Gasteiger partial charge in [0.15, 0.2) is 0 Å². The second kappa shape index (κ2) is 13.5. The van der Waals surface area contributed by atoms with Crippen molar-refractivity contribution < 1.29 is 20.8 Å². The van der Waals surface area contributed by atoms with Crippen LogP contribution in [0.2, 0.25) is 13.1 Å². The number of hydrogen-bond acceptors (Lipinski definition) is 0. The van der Waals surface area contributed by atoms with E-state index in [9.17, 15) is 0 Å². The average Bonchev–Trinajstić information content (AvgIpc) is 3.89. The molecule has 0 radical (unpaired) electrons. The standard InChI is InChI=1S/C48H40N2Si.2ClH.Zr/c1-29-27-41-31(35-19-13-21-37-33-15-7-9-25-43(33)49(3)45(35)37)17-11-23-39(41)47(29)51(5,6)48-30(2)28-42-32(18-12-24-40(42)48)36-20-14-22-38-34-16-8-10-26-44(34)50(4)46(36)38;;;/h7-28H,1-6H3;2*1H;/q-2;;;+4/p-2. The Balaban J connectivity index is 0.00000124. The molecule has 2 heterocycles. The fourth-order valence-corrected chi connectivity index (χ4v) is 14.2. The number of nitrogens with zero attached hydrogens (tertiary/aromatic N) is 2. The third-order valence-corrected chi connectivity index (χ3v) is 15.8. The minimum atomic E-state index is -2.21. The summed E-state index contributed by atoms with van der Waals surface area (Å²) < 4.78 is 4.76. The van der Waals surface area contributed by atoms with Gasteiger partial charge in [0.2, 0.25) is 0 Å². The third-order valence-electron chi connectivity index (χ3n) is 11.9. The molecule has 264 valence electrons. The van der Waals surface area contributed by atoms with Gasteiger partial charge in [-0.25, -0.2) is 0 Å². The Kier molecular flexibility index (Phi) is 8.90. The molecule has 0 aliphatic heterocycles. The molecule has 0 unspecified atom stereocenters. The first-order chi connectivity index (χ1) is 26.2. The summed E-state index contributed by atoms with van der Waals surface area (Å²) in [6.45, 7) is 9.84. The van der Waals surface area contributed by atoms with Crippen LogP contribution in [-0.4, -0.2) is 17.2 Å². The summed E-state index contributed by atoms with van der Waals surface area (Å²) in [5.41, 5.74) is 13.2. The van der Waals surface area contributed by atoms with Crippen LogP contribution in [0, 0.1) is 13.8 Å². The van der Waals surface area contributed by atoms with Gasteiger partial charge in [0, 0.05) is 54.7 Å². The zero-order valence-corrected chi connectivity index (χ0v) is 36.3. The Morgan fingerprint density at radius 3 is 1.24 bits per heavy atom. The van der Waals surface area contributed by atoms with Crippen molar-refractivity contribution in [1.82, 2.24) is 9.13 Å². The van der Waals surface area contributed by atoms with Crippen LogP contribution in [0.5, 0.6) is 0 Å². The Labute approximate surface area is 335 Å². The Morgan fingerprint density at radius 2 is 0.815 bits per heavy atom. The van der Waals surface area contributed by atoms with Crippen molar-refractivity contribution in [3.8, 4) is 22.3 Å². The summed E-state index contributed by atoms with van der Waals surface area (Å²) in [6.07, 6.45) is 0. The maximum atomic E-state index is 4.93. The van der Waals surface area contributed by atoms with Crippen molar-refractivity contribution in [2.45, 2.75) is 26.9 Å². The van der Waals surface area contributed by atoms with Gasteiger partial charge in [-0.2, -0.15) is 12.1 Å². The van der Waals surface area contributed by atoms with Gasteiger partial charge in [0.1, 0.15) is 0 Å². The van der Waals surface area contributed by atoms with Gasteiger partial charge in [0.05, 0.1) is 11.0 Å². The molecule has 0 spiro atoms. The van der Waals surface area contributed by atoms with Crippen LogP contribution in [-0.2, 0) is 34.9 Å². The predicted molar refractivity (Wildman–Crippen MR) is 236 cm³/mol. The van der Waals surface area contributed by atoms with Gasteiger partial charge in [-0.15, -0.1) is 67.3 Å². The molecule has 0 saturated heterocycles. The van der Waals surface area contributed by atoms with E-state index in [2.05, 4.69) is 184 Å². The summed E-state index contributed by atoms with van der Waals surface area (Å²) in [5.74, 6) is 0. The number of hydrogen-bond donors (Lipinski definition) is 0. The van der Waals surface area contributed by atoms with Crippen LogP contribution in [0.15, 0.2) is 133 Å². The van der Waals surface area contributed by atoms with Crippen molar-refractivity contribution in [3.63, 3.8) is 0 Å². The SMILES string of the molecule is Cc1cc2c(-c3cccc4c5ccccc5n(C)c34)cccc2[c-]1[Si](C)(C)[c-]1c(C)cc2c(-c3cccc4c5ccccc5n(C)c34)cccc21.[Cl][Zr+2][Cl]. The van der Waals surface area contributed by atoms with E-state index >= 15 is 0 Å². The molecule has 2 nitrogen and oxygen atoms in total. The Morgan fingerprint density at radius 1 is 0.463 bits per heavy atom. The van der Waals surface area contributed by atoms with Gasteiger partial charge in [-0.1, -0.05) is 123 Å². The molecule has 0 fully saturated rings. The number of aryl methyl sites for hydroxylation is 4. The number of halogens is 2. The van der Waals surface area contributed by atoms with Crippen LogP contribution in [0.3, 0.4) is 0 Å². The molecule has 6 heteroatoms. The molecular weight excluding hydrogens is 795 g/mol. The van der Waals surface area contributed by atoms with Crippen LogP contribution >= 0.6 is 17.0 Å². The normalized spacial score (nSPS) is 12.0. The van der Waals surface area contributed by atoms with Gasteiger partial charge in [0.25, 0.3) is 0 Å². The molecule has 0 amide bonds. The average molecular weight is 835 g/mol. The molecule has 0 aliphatic rings. The zero-order valence-electron chi connectivity index (χ0n) is 31.4. The van der Waals surface area contributed by atoms with Crippen LogP contribution < -0.4 is 10.4 Å². The number of para-hydroxylation sites is 4. The van der Waals surface area contributed by atoms with Crippen molar-refractivity contribution in [1.29, 1.82) is 0 Å². The zero-order chi connectivity index (χ0) is 37.5. The third kappa shape index (κ3) is 5.21. The van der Waals surface area contributed by atoms with E-state index in [0.29, 0.717) is 0 Å². The monoisotopic (exact) mass is 832 g/mol. The van der Waals surface area contributed by atoms with Gasteiger partial charge >= 0.3 is 37.9 Å². The maximum absolute atomic E-state index is 4.93. The number of rotatable bonds is 4. The molecule has 0 saturated carbocycles. The van der Waals surface area contributed by atoms with Crippen LogP contribution in [0.1, 0.15) is 11.1 Å². The van der Waals surface area contributed by atoms with Crippen LogP contribution in [0.4, 0.5) is 0 Å². The number of fused-ring (bicyclic) bond motifs is 8. The van der Waals surface area contributed by atoms with E-state index in [0.717, 1.165) is 0 Å². The van der Waals surface area contributed by atoms with E-state index in [1.807, 2.05) is 0 Å². The number of aromatic nitrogens is 2. The van der Waals surface area contributed by atoms with Crippen molar-refractivity contribution in [2.24, 2.45) is 14.1 Å². The molecule has 10 aromatic rings. The Hall–Kier alpha value is -4.18. The Bertz CT molecular complexity index is 2880.